The lowest BCUT2D eigenvalue weighted by Crippen LogP contribution is -2.30. The minimum absolute atomic E-state index is 0.0365. The minimum Gasteiger partial charge on any atom is -0.489 e. The van der Waals surface area contributed by atoms with Crippen LogP contribution < -0.4 is 9.46 Å². The Kier molecular flexibility index (Phi) is 5.63. The summed E-state index contributed by atoms with van der Waals surface area (Å²) in [6.45, 7) is 0.371. The Labute approximate surface area is 140 Å². The van der Waals surface area contributed by atoms with Crippen molar-refractivity contribution in [2.75, 3.05) is 6.26 Å². The first-order valence-corrected chi connectivity index (χ1v) is 9.05. The Balaban J connectivity index is 1.96. The maximum absolute atomic E-state index is 11.6. The first-order valence-electron chi connectivity index (χ1n) is 6.79. The van der Waals surface area contributed by atoms with Crippen LogP contribution in [0, 0.1) is 0 Å². The number of hydrogen-bond donors (Lipinski definition) is 1. The Morgan fingerprint density at radius 1 is 1.13 bits per heavy atom. The molecule has 0 aliphatic carbocycles. The quantitative estimate of drug-likeness (QED) is 0.866. The predicted octanol–water partition coefficient (Wildman–Crippen LogP) is 2.54. The molecule has 0 radical (unpaired) electrons. The van der Waals surface area contributed by atoms with Crippen LogP contribution in [0.2, 0.25) is 5.02 Å². The van der Waals surface area contributed by atoms with Crippen LogP contribution in [0.3, 0.4) is 0 Å². The first-order chi connectivity index (χ1) is 10.8. The summed E-state index contributed by atoms with van der Waals surface area (Å²) in [6, 6.07) is 14.3. The molecule has 2 rings (SSSR count). The van der Waals surface area contributed by atoms with E-state index in [4.69, 9.17) is 16.3 Å². The number of nitrogens with one attached hydrogen (secondary N) is 1. The van der Waals surface area contributed by atoms with E-state index in [0.717, 1.165) is 11.8 Å². The van der Waals surface area contributed by atoms with E-state index in [2.05, 4.69) is 0 Å². The first kappa shape index (κ1) is 17.3. The summed E-state index contributed by atoms with van der Waals surface area (Å²) in [7, 11) is -3.54. The van der Waals surface area contributed by atoms with Gasteiger partial charge in [-0.3, -0.25) is 9.52 Å². The van der Waals surface area contributed by atoms with Crippen LogP contribution in [0.4, 0.5) is 0 Å². The summed E-state index contributed by atoms with van der Waals surface area (Å²) >= 11 is 5.82. The molecule has 0 spiro atoms. The van der Waals surface area contributed by atoms with E-state index in [1.807, 2.05) is 16.9 Å². The molecule has 122 valence electrons. The Hall–Kier alpha value is -2.05. The third kappa shape index (κ3) is 6.30. The lowest BCUT2D eigenvalue weighted by Gasteiger charge is -2.08. The third-order valence-electron chi connectivity index (χ3n) is 2.88. The van der Waals surface area contributed by atoms with Gasteiger partial charge in [0.1, 0.15) is 12.4 Å². The number of rotatable bonds is 6. The van der Waals surface area contributed by atoms with Crippen LogP contribution in [0.1, 0.15) is 11.1 Å². The van der Waals surface area contributed by atoms with Gasteiger partial charge in [-0.15, -0.1) is 0 Å². The van der Waals surface area contributed by atoms with Crippen LogP contribution in [-0.2, 0) is 27.8 Å². The van der Waals surface area contributed by atoms with Crippen molar-refractivity contribution in [3.8, 4) is 5.75 Å². The molecule has 0 atom stereocenters. The van der Waals surface area contributed by atoms with E-state index in [-0.39, 0.29) is 6.42 Å². The van der Waals surface area contributed by atoms with E-state index in [0.29, 0.717) is 22.9 Å². The minimum atomic E-state index is -3.54. The number of carbonyl (C=O) groups excluding carboxylic acids is 1. The number of benzene rings is 2. The summed E-state index contributed by atoms with van der Waals surface area (Å²) in [5.74, 6) is 0.0203. The molecular weight excluding hydrogens is 338 g/mol. The Morgan fingerprint density at radius 2 is 1.83 bits per heavy atom. The average Bonchev–Trinajstić information content (AvgIpc) is 2.45. The summed E-state index contributed by atoms with van der Waals surface area (Å²) in [6.07, 6.45) is 0.905. The van der Waals surface area contributed by atoms with Gasteiger partial charge in [0.25, 0.3) is 0 Å². The van der Waals surface area contributed by atoms with Gasteiger partial charge in [0.05, 0.1) is 12.7 Å². The molecule has 0 bridgehead atoms. The molecule has 0 saturated heterocycles. The van der Waals surface area contributed by atoms with Gasteiger partial charge < -0.3 is 4.74 Å². The highest BCUT2D eigenvalue weighted by Gasteiger charge is 2.09. The molecule has 2 aromatic carbocycles. The highest BCUT2D eigenvalue weighted by Crippen LogP contribution is 2.17. The zero-order chi connectivity index (χ0) is 16.9. The van der Waals surface area contributed by atoms with E-state index >= 15 is 0 Å². The molecule has 0 saturated carbocycles. The molecule has 0 unspecified atom stereocenters. The van der Waals surface area contributed by atoms with Crippen LogP contribution in [0.5, 0.6) is 5.75 Å². The molecule has 7 heteroatoms. The number of ether oxygens (including phenoxy) is 1. The van der Waals surface area contributed by atoms with Gasteiger partial charge in [-0.05, 0) is 35.4 Å². The molecule has 5 nitrogen and oxygen atoms in total. The zero-order valence-corrected chi connectivity index (χ0v) is 14.0. The maximum atomic E-state index is 11.6. The summed E-state index contributed by atoms with van der Waals surface area (Å²) in [4.78, 5) is 11.6. The van der Waals surface area contributed by atoms with Gasteiger partial charge >= 0.3 is 0 Å². The predicted molar refractivity (Wildman–Crippen MR) is 88.9 cm³/mol. The van der Waals surface area contributed by atoms with Gasteiger partial charge in [0, 0.05) is 5.02 Å². The highest BCUT2D eigenvalue weighted by atomic mass is 35.5. The molecule has 1 amide bonds. The topological polar surface area (TPSA) is 72.5 Å². The van der Waals surface area contributed by atoms with Crippen LogP contribution in [0.15, 0.2) is 48.5 Å². The standard InChI is InChI=1S/C16H16ClNO4S/c1-23(20,21)18-16(19)10-13-3-2-4-15(9-13)22-11-12-5-7-14(17)8-6-12/h2-9H,10-11H2,1H3,(H,18,19). The van der Waals surface area contributed by atoms with E-state index in [1.165, 1.54) is 0 Å². The van der Waals surface area contributed by atoms with Crippen molar-refractivity contribution < 1.29 is 17.9 Å². The van der Waals surface area contributed by atoms with Crippen molar-refractivity contribution in [3.63, 3.8) is 0 Å². The summed E-state index contributed by atoms with van der Waals surface area (Å²) in [5, 5.41) is 0.660. The van der Waals surface area contributed by atoms with Crippen molar-refractivity contribution in [2.45, 2.75) is 13.0 Å². The van der Waals surface area contributed by atoms with Crippen LogP contribution >= 0.6 is 11.6 Å². The molecule has 0 heterocycles. The average molecular weight is 354 g/mol. The second-order valence-electron chi connectivity index (χ2n) is 5.04. The second-order valence-corrected chi connectivity index (χ2v) is 7.22. The molecule has 2 aromatic rings. The lowest BCUT2D eigenvalue weighted by atomic mass is 10.1. The van der Waals surface area contributed by atoms with Crippen molar-refractivity contribution >= 4 is 27.5 Å². The molecule has 1 N–H and O–H groups in total. The molecular formula is C16H16ClNO4S. The van der Waals surface area contributed by atoms with E-state index in [1.54, 1.807) is 36.4 Å². The van der Waals surface area contributed by atoms with Gasteiger partial charge in [-0.25, -0.2) is 8.42 Å². The molecule has 0 fully saturated rings. The lowest BCUT2D eigenvalue weighted by molar-refractivity contribution is -0.118. The Morgan fingerprint density at radius 3 is 2.48 bits per heavy atom. The van der Waals surface area contributed by atoms with Gasteiger partial charge in [0.2, 0.25) is 15.9 Å². The normalized spacial score (nSPS) is 11.0. The smallest absolute Gasteiger partial charge is 0.237 e. The van der Waals surface area contributed by atoms with Crippen molar-refractivity contribution in [2.24, 2.45) is 0 Å². The number of sulfonamides is 1. The van der Waals surface area contributed by atoms with Crippen LogP contribution in [-0.4, -0.2) is 20.6 Å². The summed E-state index contributed by atoms with van der Waals surface area (Å²) in [5.41, 5.74) is 1.63. The monoisotopic (exact) mass is 353 g/mol. The van der Waals surface area contributed by atoms with Gasteiger partial charge in [-0.1, -0.05) is 35.9 Å². The highest BCUT2D eigenvalue weighted by molar-refractivity contribution is 7.89. The number of hydrogen-bond acceptors (Lipinski definition) is 4. The largest absolute Gasteiger partial charge is 0.489 e. The van der Waals surface area contributed by atoms with Crippen LogP contribution in [0.25, 0.3) is 0 Å². The maximum Gasteiger partial charge on any atom is 0.237 e. The molecule has 0 aliphatic heterocycles. The fourth-order valence-electron chi connectivity index (χ4n) is 1.92. The fourth-order valence-corrected chi connectivity index (χ4v) is 2.53. The molecule has 0 aliphatic rings. The number of halogens is 1. The summed E-state index contributed by atoms with van der Waals surface area (Å²) < 4.78 is 29.6. The number of carbonyl (C=O) groups is 1. The Bertz CT molecular complexity index is 788. The molecule has 0 aromatic heterocycles. The van der Waals surface area contributed by atoms with E-state index < -0.39 is 15.9 Å². The van der Waals surface area contributed by atoms with E-state index in [9.17, 15) is 13.2 Å². The van der Waals surface area contributed by atoms with Crippen molar-refractivity contribution in [1.29, 1.82) is 0 Å². The van der Waals surface area contributed by atoms with Gasteiger partial charge in [-0.2, -0.15) is 0 Å². The molecule has 23 heavy (non-hydrogen) atoms. The fraction of sp³-hybridized carbons (Fsp3) is 0.188. The van der Waals surface area contributed by atoms with Gasteiger partial charge in [0.15, 0.2) is 0 Å². The SMILES string of the molecule is CS(=O)(=O)NC(=O)Cc1cccc(OCc2ccc(Cl)cc2)c1. The second kappa shape index (κ2) is 7.48. The zero-order valence-electron chi connectivity index (χ0n) is 12.5. The van der Waals surface area contributed by atoms with Crippen molar-refractivity contribution in [3.05, 3.63) is 64.7 Å². The van der Waals surface area contributed by atoms with Crippen molar-refractivity contribution in [1.82, 2.24) is 4.72 Å². The number of amides is 1. The third-order valence-corrected chi connectivity index (χ3v) is 3.73.